The molecule has 1 atom stereocenters. The van der Waals surface area contributed by atoms with Crippen LogP contribution >= 0.6 is 0 Å². The molecular formula is C15H16N2O2. The molecule has 0 amide bonds. The van der Waals surface area contributed by atoms with Gasteiger partial charge >= 0.3 is 5.97 Å². The van der Waals surface area contributed by atoms with Crippen molar-refractivity contribution >= 4 is 16.9 Å². The van der Waals surface area contributed by atoms with Gasteiger partial charge in [-0.1, -0.05) is 30.9 Å². The Labute approximate surface area is 111 Å². The predicted molar refractivity (Wildman–Crippen MR) is 73.8 cm³/mol. The monoisotopic (exact) mass is 256 g/mol. The highest BCUT2D eigenvalue weighted by Crippen LogP contribution is 2.26. The Bertz CT molecular complexity index is 630. The summed E-state index contributed by atoms with van der Waals surface area (Å²) in [7, 11) is 0. The van der Waals surface area contributed by atoms with Crippen molar-refractivity contribution in [3.05, 3.63) is 48.2 Å². The number of aromatic nitrogens is 1. The van der Waals surface area contributed by atoms with Gasteiger partial charge in [0.2, 0.25) is 0 Å². The quantitative estimate of drug-likeness (QED) is 0.651. The van der Waals surface area contributed by atoms with Crippen LogP contribution in [0.3, 0.4) is 0 Å². The van der Waals surface area contributed by atoms with Crippen molar-refractivity contribution < 1.29 is 9.53 Å². The zero-order valence-corrected chi connectivity index (χ0v) is 10.6. The number of H-pyrrole nitrogens is 1. The average Bonchev–Trinajstić information content (AvgIpc) is 2.82. The summed E-state index contributed by atoms with van der Waals surface area (Å²) in [5, 5.41) is 4.40. The number of nitrogens with one attached hydrogen (secondary N) is 2. The smallest absolute Gasteiger partial charge is 0.323 e. The number of aromatic amines is 1. The lowest BCUT2D eigenvalue weighted by Gasteiger charge is -2.22. The molecule has 19 heavy (non-hydrogen) atoms. The largest absolute Gasteiger partial charge is 0.460 e. The highest BCUT2D eigenvalue weighted by atomic mass is 16.5. The third-order valence-electron chi connectivity index (χ3n) is 3.46. The van der Waals surface area contributed by atoms with Gasteiger partial charge in [0.25, 0.3) is 0 Å². The molecule has 2 heterocycles. The van der Waals surface area contributed by atoms with Crippen molar-refractivity contribution in [1.82, 2.24) is 10.3 Å². The summed E-state index contributed by atoms with van der Waals surface area (Å²) in [5.41, 5.74) is 3.50. The number of benzene rings is 1. The van der Waals surface area contributed by atoms with E-state index in [1.165, 1.54) is 10.9 Å². The molecule has 0 radical (unpaired) electrons. The van der Waals surface area contributed by atoms with Crippen molar-refractivity contribution in [1.29, 1.82) is 0 Å². The third kappa shape index (κ3) is 2.15. The van der Waals surface area contributed by atoms with Crippen LogP contribution in [0.25, 0.3) is 10.9 Å². The van der Waals surface area contributed by atoms with Crippen molar-refractivity contribution in [3.63, 3.8) is 0 Å². The van der Waals surface area contributed by atoms with Crippen molar-refractivity contribution in [3.8, 4) is 0 Å². The van der Waals surface area contributed by atoms with Crippen LogP contribution in [0.1, 0.15) is 11.3 Å². The number of rotatable bonds is 3. The normalized spacial score (nSPS) is 18.0. The van der Waals surface area contributed by atoms with Crippen molar-refractivity contribution in [2.75, 3.05) is 6.61 Å². The Balaban J connectivity index is 1.86. The van der Waals surface area contributed by atoms with E-state index in [4.69, 9.17) is 4.74 Å². The number of para-hydroxylation sites is 1. The van der Waals surface area contributed by atoms with E-state index in [2.05, 4.69) is 29.0 Å². The van der Waals surface area contributed by atoms with Crippen LogP contribution in [0.4, 0.5) is 0 Å². The van der Waals surface area contributed by atoms with Gasteiger partial charge in [0.1, 0.15) is 12.6 Å². The van der Waals surface area contributed by atoms with Crippen LogP contribution in [0, 0.1) is 0 Å². The standard InChI is InChI=1S/C15H16N2O2/c1-2-7-19-15(18)13-8-11-10-5-3-4-6-12(10)17-14(11)9-16-13/h2-6,13,16-17H,1,7-9H2. The summed E-state index contributed by atoms with van der Waals surface area (Å²) < 4.78 is 5.10. The van der Waals surface area contributed by atoms with E-state index in [0.717, 1.165) is 11.2 Å². The van der Waals surface area contributed by atoms with Crippen LogP contribution in [0.15, 0.2) is 36.9 Å². The first-order valence-electron chi connectivity index (χ1n) is 6.39. The van der Waals surface area contributed by atoms with Crippen LogP contribution in [-0.2, 0) is 22.5 Å². The Morgan fingerprint density at radius 1 is 1.47 bits per heavy atom. The Morgan fingerprint density at radius 2 is 2.32 bits per heavy atom. The molecule has 0 aliphatic carbocycles. The summed E-state index contributed by atoms with van der Waals surface area (Å²) in [5.74, 6) is -0.212. The van der Waals surface area contributed by atoms with Gasteiger partial charge in [-0.3, -0.25) is 10.1 Å². The molecule has 0 spiro atoms. The number of hydrogen-bond donors (Lipinski definition) is 2. The molecule has 0 saturated carbocycles. The maximum absolute atomic E-state index is 11.9. The fourth-order valence-corrected chi connectivity index (χ4v) is 2.55. The lowest BCUT2D eigenvalue weighted by Crippen LogP contribution is -2.42. The lowest BCUT2D eigenvalue weighted by molar-refractivity contribution is -0.145. The molecule has 1 unspecified atom stereocenters. The zero-order valence-electron chi connectivity index (χ0n) is 10.6. The molecule has 1 aliphatic heterocycles. The molecule has 1 aromatic heterocycles. The first kappa shape index (κ1) is 12.0. The molecule has 0 bridgehead atoms. The second-order valence-corrected chi connectivity index (χ2v) is 4.68. The van der Waals surface area contributed by atoms with Gasteiger partial charge < -0.3 is 9.72 Å². The fraction of sp³-hybridized carbons (Fsp3) is 0.267. The number of carbonyl (C=O) groups is 1. The number of hydrogen-bond acceptors (Lipinski definition) is 3. The molecular weight excluding hydrogens is 240 g/mol. The molecule has 2 aromatic rings. The first-order valence-corrected chi connectivity index (χ1v) is 6.39. The second-order valence-electron chi connectivity index (χ2n) is 4.68. The molecule has 4 heteroatoms. The number of esters is 1. The van der Waals surface area contributed by atoms with E-state index in [1.807, 2.05) is 12.1 Å². The lowest BCUT2D eigenvalue weighted by atomic mass is 9.99. The first-order chi connectivity index (χ1) is 9.29. The van der Waals surface area contributed by atoms with E-state index in [9.17, 15) is 4.79 Å². The molecule has 0 fully saturated rings. The average molecular weight is 256 g/mol. The predicted octanol–water partition coefficient (Wildman–Crippen LogP) is 1.91. The van der Waals surface area contributed by atoms with E-state index >= 15 is 0 Å². The minimum Gasteiger partial charge on any atom is -0.460 e. The van der Waals surface area contributed by atoms with Crippen LogP contribution < -0.4 is 5.32 Å². The van der Waals surface area contributed by atoms with Gasteiger partial charge in [0.05, 0.1) is 0 Å². The SMILES string of the molecule is C=CCOC(=O)C1Cc2c([nH]c3ccccc23)CN1. The van der Waals surface area contributed by atoms with Crippen molar-refractivity contribution in [2.24, 2.45) is 0 Å². The summed E-state index contributed by atoms with van der Waals surface area (Å²) in [6, 6.07) is 7.89. The molecule has 1 aromatic carbocycles. The maximum atomic E-state index is 11.9. The van der Waals surface area contributed by atoms with Gasteiger partial charge in [-0.15, -0.1) is 0 Å². The summed E-state index contributed by atoms with van der Waals surface area (Å²) in [6.45, 7) is 4.47. The fourth-order valence-electron chi connectivity index (χ4n) is 2.55. The highest BCUT2D eigenvalue weighted by Gasteiger charge is 2.27. The molecule has 2 N–H and O–H groups in total. The highest BCUT2D eigenvalue weighted by molar-refractivity contribution is 5.86. The van der Waals surface area contributed by atoms with Gasteiger partial charge in [-0.2, -0.15) is 0 Å². The number of ether oxygens (including phenoxy) is 1. The van der Waals surface area contributed by atoms with Crippen LogP contribution in [-0.4, -0.2) is 23.6 Å². The Morgan fingerprint density at radius 3 is 3.16 bits per heavy atom. The van der Waals surface area contributed by atoms with E-state index in [0.29, 0.717) is 13.0 Å². The summed E-state index contributed by atoms with van der Waals surface area (Å²) >= 11 is 0. The minimum atomic E-state index is -0.272. The van der Waals surface area contributed by atoms with Crippen LogP contribution in [0.5, 0.6) is 0 Å². The minimum absolute atomic E-state index is 0.212. The van der Waals surface area contributed by atoms with Gasteiger partial charge in [0.15, 0.2) is 0 Å². The molecule has 98 valence electrons. The van der Waals surface area contributed by atoms with Gasteiger partial charge in [0, 0.05) is 29.6 Å². The zero-order chi connectivity index (χ0) is 13.2. The number of fused-ring (bicyclic) bond motifs is 3. The van der Waals surface area contributed by atoms with Crippen molar-refractivity contribution in [2.45, 2.75) is 19.0 Å². The van der Waals surface area contributed by atoms with E-state index in [-0.39, 0.29) is 18.6 Å². The topological polar surface area (TPSA) is 54.1 Å². The maximum Gasteiger partial charge on any atom is 0.323 e. The second kappa shape index (κ2) is 4.90. The van der Waals surface area contributed by atoms with E-state index in [1.54, 1.807) is 6.08 Å². The molecule has 4 nitrogen and oxygen atoms in total. The summed E-state index contributed by atoms with van der Waals surface area (Å²) in [4.78, 5) is 15.3. The van der Waals surface area contributed by atoms with Crippen LogP contribution in [0.2, 0.25) is 0 Å². The summed E-state index contributed by atoms with van der Waals surface area (Å²) in [6.07, 6.45) is 2.24. The Kier molecular flexibility index (Phi) is 3.09. The number of carbonyl (C=O) groups excluding carboxylic acids is 1. The molecule has 3 rings (SSSR count). The molecule has 0 saturated heterocycles. The molecule has 1 aliphatic rings. The third-order valence-corrected chi connectivity index (χ3v) is 3.46. The van der Waals surface area contributed by atoms with E-state index < -0.39 is 0 Å². The Hall–Kier alpha value is -2.07. The van der Waals surface area contributed by atoms with Gasteiger partial charge in [-0.05, 0) is 11.6 Å². The van der Waals surface area contributed by atoms with Gasteiger partial charge in [-0.25, -0.2) is 0 Å².